The first kappa shape index (κ1) is 16.3. The number of carbonyl (C=O) groups excluding carboxylic acids is 3. The van der Waals surface area contributed by atoms with E-state index in [4.69, 9.17) is 0 Å². The number of likely N-dealkylation sites (tertiary alicyclic amines) is 1. The van der Waals surface area contributed by atoms with Crippen LogP contribution in [-0.2, 0) is 9.59 Å². The highest BCUT2D eigenvalue weighted by Gasteiger charge is 2.52. The van der Waals surface area contributed by atoms with Gasteiger partial charge in [-0.2, -0.15) is 0 Å². The van der Waals surface area contributed by atoms with Gasteiger partial charge in [-0.1, -0.05) is 26.2 Å². The molecule has 128 valence electrons. The van der Waals surface area contributed by atoms with Crippen LogP contribution in [-0.4, -0.2) is 52.8 Å². The van der Waals surface area contributed by atoms with Gasteiger partial charge >= 0.3 is 6.03 Å². The van der Waals surface area contributed by atoms with E-state index in [1.54, 1.807) is 0 Å². The van der Waals surface area contributed by atoms with Crippen LogP contribution in [0.5, 0.6) is 0 Å². The van der Waals surface area contributed by atoms with E-state index in [1.165, 1.54) is 11.3 Å². The van der Waals surface area contributed by atoms with E-state index in [-0.39, 0.29) is 23.8 Å². The van der Waals surface area contributed by atoms with Gasteiger partial charge in [0, 0.05) is 25.6 Å². The molecule has 0 aromatic carbocycles. The summed E-state index contributed by atoms with van der Waals surface area (Å²) in [7, 11) is 0. The van der Waals surface area contributed by atoms with E-state index in [0.717, 1.165) is 32.1 Å². The molecule has 4 amide bonds. The number of hydrogen-bond acceptors (Lipinski definition) is 3. The first-order valence-electron chi connectivity index (χ1n) is 9.00. The lowest BCUT2D eigenvalue weighted by Gasteiger charge is -2.39. The zero-order valence-corrected chi connectivity index (χ0v) is 14.0. The van der Waals surface area contributed by atoms with Gasteiger partial charge in [0.25, 0.3) is 5.91 Å². The molecule has 2 heterocycles. The van der Waals surface area contributed by atoms with Crippen molar-refractivity contribution in [2.75, 3.05) is 19.6 Å². The smallest absolute Gasteiger partial charge is 0.325 e. The van der Waals surface area contributed by atoms with Crippen LogP contribution in [0.15, 0.2) is 0 Å². The molecule has 0 bridgehead atoms. The number of piperidine rings is 1. The number of imide groups is 1. The van der Waals surface area contributed by atoms with Crippen molar-refractivity contribution in [2.45, 2.75) is 63.8 Å². The van der Waals surface area contributed by atoms with Crippen LogP contribution in [0.1, 0.15) is 58.3 Å². The Hall–Kier alpha value is -1.59. The second-order valence-corrected chi connectivity index (χ2v) is 7.13. The monoisotopic (exact) mass is 321 g/mol. The Morgan fingerprint density at radius 1 is 1.17 bits per heavy atom. The van der Waals surface area contributed by atoms with E-state index in [1.807, 2.05) is 11.8 Å². The molecular formula is C17H27N3O3. The molecule has 3 aliphatic rings. The molecule has 6 nitrogen and oxygen atoms in total. The van der Waals surface area contributed by atoms with Crippen molar-refractivity contribution >= 4 is 17.8 Å². The molecule has 1 saturated carbocycles. The molecule has 0 radical (unpaired) electrons. The Kier molecular flexibility index (Phi) is 4.60. The first-order valence-corrected chi connectivity index (χ1v) is 9.00. The molecular weight excluding hydrogens is 294 g/mol. The summed E-state index contributed by atoms with van der Waals surface area (Å²) in [6, 6.07) is -0.274. The highest BCUT2D eigenvalue weighted by molar-refractivity contribution is 6.07. The SMILES string of the molecule is CCCN1C(=O)NC2(CCN(C(=O)C3CCCCC3)CC2)C1=O. The number of nitrogens with one attached hydrogen (secondary N) is 1. The molecule has 0 unspecified atom stereocenters. The van der Waals surface area contributed by atoms with Crippen molar-refractivity contribution in [1.82, 2.24) is 15.1 Å². The van der Waals surface area contributed by atoms with Crippen molar-refractivity contribution in [3.8, 4) is 0 Å². The molecule has 0 atom stereocenters. The van der Waals surface area contributed by atoms with Crippen LogP contribution >= 0.6 is 0 Å². The van der Waals surface area contributed by atoms with Gasteiger partial charge in [0.1, 0.15) is 5.54 Å². The van der Waals surface area contributed by atoms with Gasteiger partial charge in [-0.3, -0.25) is 14.5 Å². The molecule has 1 N–H and O–H groups in total. The average Bonchev–Trinajstić information content (AvgIpc) is 2.80. The number of urea groups is 1. The van der Waals surface area contributed by atoms with Gasteiger partial charge in [0.15, 0.2) is 0 Å². The van der Waals surface area contributed by atoms with E-state index < -0.39 is 5.54 Å². The Morgan fingerprint density at radius 3 is 2.43 bits per heavy atom. The van der Waals surface area contributed by atoms with E-state index in [2.05, 4.69) is 5.32 Å². The predicted octanol–water partition coefficient (Wildman–Crippen LogP) is 1.89. The molecule has 3 fully saturated rings. The van der Waals surface area contributed by atoms with Gasteiger partial charge in [0.05, 0.1) is 0 Å². The Morgan fingerprint density at radius 2 is 1.83 bits per heavy atom. The highest BCUT2D eigenvalue weighted by Crippen LogP contribution is 2.32. The van der Waals surface area contributed by atoms with Gasteiger partial charge in [0.2, 0.25) is 5.91 Å². The second kappa shape index (κ2) is 6.49. The van der Waals surface area contributed by atoms with Crippen LogP contribution in [0.4, 0.5) is 4.79 Å². The zero-order chi connectivity index (χ0) is 16.4. The number of rotatable bonds is 3. The quantitative estimate of drug-likeness (QED) is 0.807. The minimum Gasteiger partial charge on any atom is -0.342 e. The Balaban J connectivity index is 1.61. The molecule has 0 aromatic rings. The fraction of sp³-hybridized carbons (Fsp3) is 0.824. The van der Waals surface area contributed by atoms with Crippen molar-refractivity contribution in [2.24, 2.45) is 5.92 Å². The summed E-state index contributed by atoms with van der Waals surface area (Å²) in [5.74, 6) is 0.319. The summed E-state index contributed by atoms with van der Waals surface area (Å²) >= 11 is 0. The lowest BCUT2D eigenvalue weighted by atomic mass is 9.84. The van der Waals surface area contributed by atoms with Crippen LogP contribution in [0.3, 0.4) is 0 Å². The molecule has 23 heavy (non-hydrogen) atoms. The first-order chi connectivity index (χ1) is 11.1. The fourth-order valence-electron chi connectivity index (χ4n) is 4.16. The summed E-state index contributed by atoms with van der Waals surface area (Å²) in [5, 5.41) is 2.89. The van der Waals surface area contributed by atoms with Crippen LogP contribution in [0.25, 0.3) is 0 Å². The van der Waals surface area contributed by atoms with E-state index in [0.29, 0.717) is 32.5 Å². The standard InChI is InChI=1S/C17H27N3O3/c1-2-10-20-15(22)17(18-16(20)23)8-11-19(12-9-17)14(21)13-6-4-3-5-7-13/h13H,2-12H2,1H3,(H,18,23). The topological polar surface area (TPSA) is 69.7 Å². The maximum Gasteiger partial charge on any atom is 0.325 e. The van der Waals surface area contributed by atoms with E-state index in [9.17, 15) is 14.4 Å². The largest absolute Gasteiger partial charge is 0.342 e. The molecule has 6 heteroatoms. The fourth-order valence-corrected chi connectivity index (χ4v) is 4.16. The van der Waals surface area contributed by atoms with Gasteiger partial charge in [-0.25, -0.2) is 4.79 Å². The number of hydrogen-bond donors (Lipinski definition) is 1. The summed E-state index contributed by atoms with van der Waals surface area (Å²) in [6.45, 7) is 3.57. The highest BCUT2D eigenvalue weighted by atomic mass is 16.2. The van der Waals surface area contributed by atoms with Crippen molar-refractivity contribution in [1.29, 1.82) is 0 Å². The van der Waals surface area contributed by atoms with Crippen LogP contribution in [0.2, 0.25) is 0 Å². The van der Waals surface area contributed by atoms with E-state index >= 15 is 0 Å². The normalized spacial score (nSPS) is 25.1. The molecule has 0 aromatic heterocycles. The predicted molar refractivity (Wildman–Crippen MR) is 85.7 cm³/mol. The number of amides is 4. The molecule has 2 aliphatic heterocycles. The maximum absolute atomic E-state index is 12.6. The summed E-state index contributed by atoms with van der Waals surface area (Å²) in [6.07, 6.45) is 7.37. The minimum absolute atomic E-state index is 0.103. The lowest BCUT2D eigenvalue weighted by molar-refractivity contribution is -0.141. The molecule has 1 aliphatic carbocycles. The number of carbonyl (C=O) groups is 3. The Labute approximate surface area is 137 Å². The van der Waals surface area contributed by atoms with Crippen LogP contribution < -0.4 is 5.32 Å². The third-order valence-electron chi connectivity index (χ3n) is 5.58. The third kappa shape index (κ3) is 2.95. The van der Waals surface area contributed by atoms with Crippen molar-refractivity contribution in [3.63, 3.8) is 0 Å². The lowest BCUT2D eigenvalue weighted by Crippen LogP contribution is -2.56. The summed E-state index contributed by atoms with van der Waals surface area (Å²) < 4.78 is 0. The minimum atomic E-state index is -0.768. The zero-order valence-electron chi connectivity index (χ0n) is 14.0. The molecule has 3 rings (SSSR count). The van der Waals surface area contributed by atoms with Gasteiger partial charge < -0.3 is 10.2 Å². The molecule has 1 spiro atoms. The summed E-state index contributed by atoms with van der Waals surface area (Å²) in [4.78, 5) is 40.5. The van der Waals surface area contributed by atoms with Gasteiger partial charge in [-0.15, -0.1) is 0 Å². The second-order valence-electron chi connectivity index (χ2n) is 7.13. The van der Waals surface area contributed by atoms with Gasteiger partial charge in [-0.05, 0) is 32.1 Å². The average molecular weight is 321 g/mol. The van der Waals surface area contributed by atoms with Crippen LogP contribution in [0, 0.1) is 5.92 Å². The third-order valence-corrected chi connectivity index (χ3v) is 5.58. The molecule has 2 saturated heterocycles. The summed E-state index contributed by atoms with van der Waals surface area (Å²) in [5.41, 5.74) is -0.768. The Bertz CT molecular complexity index is 491. The number of nitrogens with zero attached hydrogens (tertiary/aromatic N) is 2. The van der Waals surface area contributed by atoms with Crippen molar-refractivity contribution in [3.05, 3.63) is 0 Å². The van der Waals surface area contributed by atoms with Crippen molar-refractivity contribution < 1.29 is 14.4 Å². The maximum atomic E-state index is 12.6.